The van der Waals surface area contributed by atoms with Gasteiger partial charge in [-0.05, 0) is 64.2 Å². The standard InChI is InChI=1S/C15H30O2/c1-12(2)13-6-8-15(16,9-7-13)11-10-14(3,4)17-5/h12-13,16H,6-11H2,1-5H3. The molecule has 0 bridgehead atoms. The average Bonchev–Trinajstić information content (AvgIpc) is 2.27. The van der Waals surface area contributed by atoms with Gasteiger partial charge in [0.15, 0.2) is 0 Å². The molecule has 1 rings (SSSR count). The second kappa shape index (κ2) is 5.71. The molecular formula is C15H30O2. The van der Waals surface area contributed by atoms with Gasteiger partial charge in [-0.3, -0.25) is 0 Å². The van der Waals surface area contributed by atoms with Gasteiger partial charge in [0, 0.05) is 7.11 Å². The van der Waals surface area contributed by atoms with E-state index in [2.05, 4.69) is 27.7 Å². The smallest absolute Gasteiger partial charge is 0.0649 e. The Hall–Kier alpha value is -0.0800. The molecule has 0 aliphatic heterocycles. The van der Waals surface area contributed by atoms with E-state index in [0.29, 0.717) is 0 Å². The number of rotatable bonds is 5. The van der Waals surface area contributed by atoms with E-state index in [1.54, 1.807) is 7.11 Å². The van der Waals surface area contributed by atoms with E-state index in [0.717, 1.165) is 37.5 Å². The lowest BCUT2D eigenvalue weighted by Gasteiger charge is -2.39. The van der Waals surface area contributed by atoms with E-state index in [1.807, 2.05) is 0 Å². The first-order valence-electron chi connectivity index (χ1n) is 7.05. The summed E-state index contributed by atoms with van der Waals surface area (Å²) in [6.45, 7) is 8.78. The maximum atomic E-state index is 10.6. The Morgan fingerprint density at radius 3 is 2.24 bits per heavy atom. The average molecular weight is 242 g/mol. The number of aliphatic hydroxyl groups is 1. The molecule has 17 heavy (non-hydrogen) atoms. The highest BCUT2D eigenvalue weighted by molar-refractivity contribution is 4.88. The molecule has 0 aromatic carbocycles. The van der Waals surface area contributed by atoms with Crippen LogP contribution < -0.4 is 0 Å². The Labute approximate surface area is 107 Å². The second-order valence-corrected chi connectivity index (χ2v) is 6.77. The molecular weight excluding hydrogens is 212 g/mol. The normalized spacial score (nSPS) is 30.9. The quantitative estimate of drug-likeness (QED) is 0.795. The predicted molar refractivity (Wildman–Crippen MR) is 72.1 cm³/mol. The van der Waals surface area contributed by atoms with Crippen LogP contribution in [0.2, 0.25) is 0 Å². The summed E-state index contributed by atoms with van der Waals surface area (Å²) in [4.78, 5) is 0. The highest BCUT2D eigenvalue weighted by atomic mass is 16.5. The molecule has 0 amide bonds. The van der Waals surface area contributed by atoms with E-state index in [1.165, 1.54) is 12.8 Å². The molecule has 0 aromatic rings. The van der Waals surface area contributed by atoms with Crippen molar-refractivity contribution in [3.05, 3.63) is 0 Å². The third-order valence-electron chi connectivity index (χ3n) is 4.65. The lowest BCUT2D eigenvalue weighted by molar-refractivity contribution is -0.0523. The van der Waals surface area contributed by atoms with Crippen molar-refractivity contribution in [3.8, 4) is 0 Å². The zero-order valence-electron chi connectivity index (χ0n) is 12.3. The van der Waals surface area contributed by atoms with E-state index in [-0.39, 0.29) is 5.60 Å². The number of hydrogen-bond donors (Lipinski definition) is 1. The summed E-state index contributed by atoms with van der Waals surface area (Å²) < 4.78 is 5.42. The molecule has 0 radical (unpaired) electrons. The van der Waals surface area contributed by atoms with Gasteiger partial charge in [0.1, 0.15) is 0 Å². The van der Waals surface area contributed by atoms with Crippen molar-refractivity contribution in [2.45, 2.75) is 77.4 Å². The second-order valence-electron chi connectivity index (χ2n) is 6.77. The Balaban J connectivity index is 2.40. The Bertz CT molecular complexity index is 225. The van der Waals surface area contributed by atoms with Gasteiger partial charge in [0.2, 0.25) is 0 Å². The molecule has 1 saturated carbocycles. The van der Waals surface area contributed by atoms with E-state index in [4.69, 9.17) is 4.74 Å². The summed E-state index contributed by atoms with van der Waals surface area (Å²) in [7, 11) is 1.75. The van der Waals surface area contributed by atoms with Crippen LogP contribution in [0.3, 0.4) is 0 Å². The third-order valence-corrected chi connectivity index (χ3v) is 4.65. The maximum Gasteiger partial charge on any atom is 0.0649 e. The summed E-state index contributed by atoms with van der Waals surface area (Å²) in [5.74, 6) is 1.57. The van der Waals surface area contributed by atoms with Crippen molar-refractivity contribution in [3.63, 3.8) is 0 Å². The molecule has 0 atom stereocenters. The fourth-order valence-corrected chi connectivity index (χ4v) is 2.73. The topological polar surface area (TPSA) is 29.5 Å². The van der Waals surface area contributed by atoms with Gasteiger partial charge in [-0.15, -0.1) is 0 Å². The van der Waals surface area contributed by atoms with Crippen molar-refractivity contribution < 1.29 is 9.84 Å². The molecule has 0 aromatic heterocycles. The number of ether oxygens (including phenoxy) is 1. The zero-order chi connectivity index (χ0) is 13.1. The van der Waals surface area contributed by atoms with Gasteiger partial charge in [-0.2, -0.15) is 0 Å². The molecule has 1 fully saturated rings. The van der Waals surface area contributed by atoms with Crippen LogP contribution in [0.5, 0.6) is 0 Å². The molecule has 0 spiro atoms. The van der Waals surface area contributed by atoms with Crippen LogP contribution in [0, 0.1) is 11.8 Å². The summed E-state index contributed by atoms with van der Waals surface area (Å²) >= 11 is 0. The maximum absolute atomic E-state index is 10.6. The van der Waals surface area contributed by atoms with E-state index >= 15 is 0 Å². The van der Waals surface area contributed by atoms with Gasteiger partial charge in [0.25, 0.3) is 0 Å². The molecule has 1 N–H and O–H groups in total. The minimum atomic E-state index is -0.429. The lowest BCUT2D eigenvalue weighted by atomic mass is 9.72. The van der Waals surface area contributed by atoms with E-state index < -0.39 is 5.60 Å². The third kappa shape index (κ3) is 4.59. The van der Waals surface area contributed by atoms with Gasteiger partial charge in [-0.1, -0.05) is 13.8 Å². The summed E-state index contributed by atoms with van der Waals surface area (Å²) in [5, 5.41) is 10.6. The van der Waals surface area contributed by atoms with Gasteiger partial charge in [0.05, 0.1) is 11.2 Å². The summed E-state index contributed by atoms with van der Waals surface area (Å²) in [6.07, 6.45) is 6.11. The van der Waals surface area contributed by atoms with Gasteiger partial charge >= 0.3 is 0 Å². The number of methoxy groups -OCH3 is 1. The minimum absolute atomic E-state index is 0.107. The van der Waals surface area contributed by atoms with Crippen LogP contribution >= 0.6 is 0 Å². The van der Waals surface area contributed by atoms with Crippen molar-refractivity contribution in [1.29, 1.82) is 0 Å². The van der Waals surface area contributed by atoms with Crippen LogP contribution in [-0.2, 0) is 4.74 Å². The fourth-order valence-electron chi connectivity index (χ4n) is 2.73. The highest BCUT2D eigenvalue weighted by Crippen LogP contribution is 2.39. The largest absolute Gasteiger partial charge is 0.390 e. The zero-order valence-corrected chi connectivity index (χ0v) is 12.3. The van der Waals surface area contributed by atoms with Crippen molar-refractivity contribution >= 4 is 0 Å². The first kappa shape index (κ1) is 15.0. The fraction of sp³-hybridized carbons (Fsp3) is 1.00. The Morgan fingerprint density at radius 1 is 1.29 bits per heavy atom. The predicted octanol–water partition coefficient (Wildman–Crippen LogP) is 3.77. The Kier molecular flexibility index (Phi) is 5.03. The van der Waals surface area contributed by atoms with Crippen LogP contribution in [0.25, 0.3) is 0 Å². The lowest BCUT2D eigenvalue weighted by Crippen LogP contribution is -2.37. The minimum Gasteiger partial charge on any atom is -0.390 e. The molecule has 1 aliphatic carbocycles. The van der Waals surface area contributed by atoms with Crippen LogP contribution in [0.1, 0.15) is 66.2 Å². The molecule has 0 unspecified atom stereocenters. The van der Waals surface area contributed by atoms with Crippen LogP contribution in [0.15, 0.2) is 0 Å². The van der Waals surface area contributed by atoms with Crippen molar-refractivity contribution in [2.24, 2.45) is 11.8 Å². The highest BCUT2D eigenvalue weighted by Gasteiger charge is 2.35. The van der Waals surface area contributed by atoms with Gasteiger partial charge < -0.3 is 9.84 Å². The molecule has 2 heteroatoms. The first-order valence-corrected chi connectivity index (χ1v) is 7.05. The first-order chi connectivity index (χ1) is 7.78. The monoisotopic (exact) mass is 242 g/mol. The van der Waals surface area contributed by atoms with Crippen molar-refractivity contribution in [2.75, 3.05) is 7.11 Å². The molecule has 102 valence electrons. The molecule has 0 heterocycles. The molecule has 2 nitrogen and oxygen atoms in total. The van der Waals surface area contributed by atoms with Crippen LogP contribution in [-0.4, -0.2) is 23.4 Å². The van der Waals surface area contributed by atoms with Gasteiger partial charge in [-0.25, -0.2) is 0 Å². The summed E-state index contributed by atoms with van der Waals surface area (Å²) in [5.41, 5.74) is -0.536. The molecule has 0 saturated heterocycles. The molecule has 1 aliphatic rings. The van der Waals surface area contributed by atoms with E-state index in [9.17, 15) is 5.11 Å². The number of hydrogen-bond acceptors (Lipinski definition) is 2. The van der Waals surface area contributed by atoms with Crippen molar-refractivity contribution in [1.82, 2.24) is 0 Å². The Morgan fingerprint density at radius 2 is 1.82 bits per heavy atom. The summed E-state index contributed by atoms with van der Waals surface area (Å²) in [6, 6.07) is 0. The SMILES string of the molecule is COC(C)(C)CCC1(O)CCC(C(C)C)CC1. The van der Waals surface area contributed by atoms with Crippen LogP contribution in [0.4, 0.5) is 0 Å².